The van der Waals surface area contributed by atoms with Crippen molar-refractivity contribution < 1.29 is 9.47 Å². The second kappa shape index (κ2) is 8.86. The molecule has 0 N–H and O–H groups in total. The van der Waals surface area contributed by atoms with Gasteiger partial charge < -0.3 is 14.0 Å². The van der Waals surface area contributed by atoms with Gasteiger partial charge in [0.05, 0.1) is 26.0 Å². The number of hydrogen-bond donors (Lipinski definition) is 0. The number of benzene rings is 3. The van der Waals surface area contributed by atoms with E-state index in [9.17, 15) is 4.79 Å². The maximum absolute atomic E-state index is 12.9. The fraction of sp³-hybridized carbons (Fsp3) is 0.160. The number of halogens is 1. The van der Waals surface area contributed by atoms with Gasteiger partial charge in [-0.25, -0.2) is 0 Å². The number of aromatic nitrogens is 1. The minimum absolute atomic E-state index is 0.0160. The van der Waals surface area contributed by atoms with Gasteiger partial charge in [-0.2, -0.15) is 0 Å². The van der Waals surface area contributed by atoms with E-state index < -0.39 is 0 Å². The van der Waals surface area contributed by atoms with Crippen LogP contribution in [0.3, 0.4) is 0 Å². The Balaban J connectivity index is 1.66. The first kappa shape index (κ1) is 20.4. The summed E-state index contributed by atoms with van der Waals surface area (Å²) in [5, 5.41) is 1.61. The van der Waals surface area contributed by atoms with Crippen molar-refractivity contribution in [2.24, 2.45) is 7.05 Å². The molecule has 0 aliphatic carbocycles. The lowest BCUT2D eigenvalue weighted by molar-refractivity contribution is 0.107. The molecule has 0 bridgehead atoms. The minimum Gasteiger partial charge on any atom is -0.497 e. The van der Waals surface area contributed by atoms with Crippen molar-refractivity contribution >= 4 is 26.7 Å². The van der Waals surface area contributed by atoms with Crippen LogP contribution in [0.2, 0.25) is 0 Å². The average molecular weight is 464 g/mol. The number of fused-ring (bicyclic) bond motifs is 1. The van der Waals surface area contributed by atoms with Gasteiger partial charge in [-0.15, -0.1) is 0 Å². The van der Waals surface area contributed by atoms with Crippen LogP contribution in [0, 0.1) is 0 Å². The van der Waals surface area contributed by atoms with Crippen LogP contribution in [-0.2, 0) is 25.0 Å². The third kappa shape index (κ3) is 3.91. The van der Waals surface area contributed by atoms with Crippen molar-refractivity contribution in [2.45, 2.75) is 13.2 Å². The Hall–Kier alpha value is -2.89. The van der Waals surface area contributed by atoms with Crippen LogP contribution in [0.4, 0.5) is 0 Å². The standard InChI is InChI=1S/C25H22BrNO3/c1-27-24(23(26)21-9-5-6-10-22(21)25(27)28)20-8-4-3-7-18(20)16-30-15-17-11-13-19(29-2)14-12-17/h3-14H,15-16H2,1-2H3. The van der Waals surface area contributed by atoms with E-state index >= 15 is 0 Å². The molecule has 0 saturated carbocycles. The van der Waals surface area contributed by atoms with Crippen LogP contribution in [0.25, 0.3) is 22.0 Å². The van der Waals surface area contributed by atoms with E-state index in [-0.39, 0.29) is 5.56 Å². The third-order valence-corrected chi connectivity index (χ3v) is 6.00. The molecule has 0 radical (unpaired) electrons. The molecular weight excluding hydrogens is 442 g/mol. The van der Waals surface area contributed by atoms with E-state index in [0.29, 0.717) is 18.6 Å². The quantitative estimate of drug-likeness (QED) is 0.368. The Bertz CT molecular complexity index is 1250. The van der Waals surface area contributed by atoms with Crippen molar-refractivity contribution in [3.05, 3.63) is 98.7 Å². The summed E-state index contributed by atoms with van der Waals surface area (Å²) < 4.78 is 13.8. The van der Waals surface area contributed by atoms with Crippen LogP contribution in [-0.4, -0.2) is 11.7 Å². The molecule has 0 atom stereocenters. The van der Waals surface area contributed by atoms with E-state index in [2.05, 4.69) is 15.9 Å². The normalized spacial score (nSPS) is 11.0. The Morgan fingerprint density at radius 3 is 2.27 bits per heavy atom. The summed E-state index contributed by atoms with van der Waals surface area (Å²) in [4.78, 5) is 12.9. The lowest BCUT2D eigenvalue weighted by Gasteiger charge is -2.17. The molecule has 152 valence electrons. The lowest BCUT2D eigenvalue weighted by atomic mass is 10.0. The fourth-order valence-corrected chi connectivity index (χ4v) is 4.42. The van der Waals surface area contributed by atoms with Gasteiger partial charge in [0, 0.05) is 27.9 Å². The highest BCUT2D eigenvalue weighted by Crippen LogP contribution is 2.34. The first-order chi connectivity index (χ1) is 14.6. The van der Waals surface area contributed by atoms with Crippen molar-refractivity contribution in [3.63, 3.8) is 0 Å². The van der Waals surface area contributed by atoms with E-state index in [0.717, 1.165) is 38.0 Å². The third-order valence-electron chi connectivity index (χ3n) is 5.20. The Labute approximate surface area is 183 Å². The topological polar surface area (TPSA) is 40.5 Å². The Morgan fingerprint density at radius 2 is 1.53 bits per heavy atom. The monoisotopic (exact) mass is 463 g/mol. The highest BCUT2D eigenvalue weighted by Gasteiger charge is 2.16. The predicted molar refractivity (Wildman–Crippen MR) is 124 cm³/mol. The summed E-state index contributed by atoms with van der Waals surface area (Å²) >= 11 is 3.74. The SMILES string of the molecule is COc1ccc(COCc2ccccc2-c2c(Br)c3ccccc3c(=O)n2C)cc1. The van der Waals surface area contributed by atoms with E-state index in [4.69, 9.17) is 9.47 Å². The van der Waals surface area contributed by atoms with Gasteiger partial charge in [-0.1, -0.05) is 54.6 Å². The molecule has 4 nitrogen and oxygen atoms in total. The van der Waals surface area contributed by atoms with Gasteiger partial charge >= 0.3 is 0 Å². The van der Waals surface area contributed by atoms with E-state index in [1.54, 1.807) is 11.7 Å². The molecule has 3 aromatic carbocycles. The maximum Gasteiger partial charge on any atom is 0.258 e. The van der Waals surface area contributed by atoms with E-state index in [1.165, 1.54) is 0 Å². The molecule has 30 heavy (non-hydrogen) atoms. The van der Waals surface area contributed by atoms with Crippen LogP contribution in [0.15, 0.2) is 82.1 Å². The number of nitrogens with zero attached hydrogens (tertiary/aromatic N) is 1. The van der Waals surface area contributed by atoms with Crippen LogP contribution >= 0.6 is 15.9 Å². The molecule has 4 aromatic rings. The molecule has 0 saturated heterocycles. The van der Waals surface area contributed by atoms with Crippen LogP contribution in [0.5, 0.6) is 5.75 Å². The number of pyridine rings is 1. The largest absolute Gasteiger partial charge is 0.497 e. The summed E-state index contributed by atoms with van der Waals surface area (Å²) in [6, 6.07) is 23.5. The average Bonchev–Trinajstić information content (AvgIpc) is 2.79. The van der Waals surface area contributed by atoms with Crippen LogP contribution in [0.1, 0.15) is 11.1 Å². The predicted octanol–water partition coefficient (Wildman–Crippen LogP) is 5.69. The molecule has 0 amide bonds. The minimum atomic E-state index is -0.0160. The summed E-state index contributed by atoms with van der Waals surface area (Å²) in [5.41, 5.74) is 3.91. The molecule has 0 fully saturated rings. The van der Waals surface area contributed by atoms with Gasteiger partial charge in [0.25, 0.3) is 5.56 Å². The second-order valence-corrected chi connectivity index (χ2v) is 7.86. The summed E-state index contributed by atoms with van der Waals surface area (Å²) in [6.07, 6.45) is 0. The second-order valence-electron chi connectivity index (χ2n) is 7.07. The lowest BCUT2D eigenvalue weighted by Crippen LogP contribution is -2.19. The molecular formula is C25H22BrNO3. The molecule has 1 heterocycles. The molecule has 0 aliphatic heterocycles. The van der Waals surface area contributed by atoms with Crippen molar-refractivity contribution in [1.29, 1.82) is 0 Å². The van der Waals surface area contributed by atoms with Gasteiger partial charge in [0.15, 0.2) is 0 Å². The van der Waals surface area contributed by atoms with Gasteiger partial charge in [-0.05, 0) is 45.3 Å². The Morgan fingerprint density at radius 1 is 0.867 bits per heavy atom. The molecule has 0 spiro atoms. The van der Waals surface area contributed by atoms with Gasteiger partial charge in [0.2, 0.25) is 0 Å². The fourth-order valence-electron chi connectivity index (χ4n) is 3.59. The van der Waals surface area contributed by atoms with Gasteiger partial charge in [0.1, 0.15) is 5.75 Å². The number of hydrogen-bond acceptors (Lipinski definition) is 3. The highest BCUT2D eigenvalue weighted by atomic mass is 79.9. The first-order valence-electron chi connectivity index (χ1n) is 9.66. The molecule has 0 aliphatic rings. The number of ether oxygens (including phenoxy) is 2. The summed E-state index contributed by atoms with van der Waals surface area (Å²) in [7, 11) is 3.46. The highest BCUT2D eigenvalue weighted by molar-refractivity contribution is 9.10. The zero-order chi connectivity index (χ0) is 21.1. The van der Waals surface area contributed by atoms with Crippen molar-refractivity contribution in [3.8, 4) is 17.0 Å². The molecule has 1 aromatic heterocycles. The summed E-state index contributed by atoms with van der Waals surface area (Å²) in [6.45, 7) is 0.936. The Kier molecular flexibility index (Phi) is 6.02. The first-order valence-corrected chi connectivity index (χ1v) is 10.5. The zero-order valence-corrected chi connectivity index (χ0v) is 18.5. The molecule has 4 rings (SSSR count). The number of rotatable bonds is 6. The van der Waals surface area contributed by atoms with Crippen LogP contribution < -0.4 is 10.3 Å². The van der Waals surface area contributed by atoms with Crippen molar-refractivity contribution in [2.75, 3.05) is 7.11 Å². The molecule has 0 unspecified atom stereocenters. The van der Waals surface area contributed by atoms with E-state index in [1.807, 2.05) is 79.8 Å². The molecule has 5 heteroatoms. The number of methoxy groups -OCH3 is 1. The maximum atomic E-state index is 12.9. The smallest absolute Gasteiger partial charge is 0.258 e. The van der Waals surface area contributed by atoms with Crippen molar-refractivity contribution in [1.82, 2.24) is 4.57 Å². The zero-order valence-electron chi connectivity index (χ0n) is 16.9. The van der Waals surface area contributed by atoms with Gasteiger partial charge in [-0.3, -0.25) is 4.79 Å². The summed E-state index contributed by atoms with van der Waals surface area (Å²) in [5.74, 6) is 0.825.